The maximum Gasteiger partial charge on any atom is 0.297 e. The van der Waals surface area contributed by atoms with Crippen molar-refractivity contribution in [2.24, 2.45) is 20.5 Å². The fourth-order valence-corrected chi connectivity index (χ4v) is 5.43. The number of azo groups is 2. The Bertz CT molecular complexity index is 2250. The summed E-state index contributed by atoms with van der Waals surface area (Å²) in [5.41, 5.74) is 16.2. The Morgan fingerprint density at radius 3 is 1.93 bits per heavy atom. The first-order chi connectivity index (χ1) is 21.0. The summed E-state index contributed by atoms with van der Waals surface area (Å²) in [6, 6.07) is 18.8. The van der Waals surface area contributed by atoms with Crippen molar-refractivity contribution in [3.63, 3.8) is 0 Å². The molecule has 0 aromatic heterocycles. The van der Waals surface area contributed by atoms with Crippen LogP contribution < -0.4 is 11.5 Å². The van der Waals surface area contributed by atoms with Crippen LogP contribution in [-0.4, -0.2) is 37.3 Å². The number of phenolic OH excluding ortho intramolecular Hbond substituents is 1. The zero-order valence-corrected chi connectivity index (χ0v) is 28.1. The number of hydrogen-bond donors (Lipinski definition) is 5. The number of rotatable bonds is 5. The van der Waals surface area contributed by atoms with Gasteiger partial charge >= 0.3 is 0 Å². The first-order valence-corrected chi connectivity index (χ1v) is 16.4. The standard InChI is InChI=1S/C29H26N6O4S.CH4O3S.V/c1-15-5-4-6-21-20(15)10-12-23(29(21)40(37,38)39)33-35-27-17(3)13-18-8-11-22(26(31)25(18)28(27)36)32-34-24-14-19(30)9-7-16(24)2;1-5(2,3)4;/h4-14,36H,30-31H2,1-3H3,(H,37,38,39);1H3,(H,2,3,4);. The number of anilines is 2. The Morgan fingerprint density at radius 2 is 1.28 bits per heavy atom. The van der Waals surface area contributed by atoms with Gasteiger partial charge in [0, 0.05) is 29.6 Å². The molecule has 0 spiro atoms. The molecule has 46 heavy (non-hydrogen) atoms. The summed E-state index contributed by atoms with van der Waals surface area (Å²) in [5, 5.41) is 30.0. The van der Waals surface area contributed by atoms with Crippen molar-refractivity contribution in [2.75, 3.05) is 17.7 Å². The van der Waals surface area contributed by atoms with Crippen LogP contribution >= 0.6 is 0 Å². The third kappa shape index (κ3) is 8.25. The fourth-order valence-electron chi connectivity index (χ4n) is 4.60. The third-order valence-corrected chi connectivity index (χ3v) is 7.63. The molecule has 0 fully saturated rings. The SMILES string of the molecule is CS(=O)(=O)O.Cc1ccc(N)cc1N=Nc1ccc2cc(C)c(N=Nc3ccc4c(C)cccc4c3S(=O)(=O)O)c(O)c2c1N.[V]. The molecule has 239 valence electrons. The molecular weight excluding hydrogens is 671 g/mol. The van der Waals surface area contributed by atoms with E-state index in [1.165, 1.54) is 6.07 Å². The Balaban J connectivity index is 0.000000892. The van der Waals surface area contributed by atoms with Gasteiger partial charge in [-0.15, -0.1) is 15.3 Å². The van der Waals surface area contributed by atoms with E-state index < -0.39 is 20.2 Å². The molecule has 5 rings (SSSR count). The summed E-state index contributed by atoms with van der Waals surface area (Å²) in [5.74, 6) is -0.251. The van der Waals surface area contributed by atoms with E-state index in [4.69, 9.17) is 16.0 Å². The average molecular weight is 702 g/mol. The normalized spacial score (nSPS) is 12.0. The largest absolute Gasteiger partial charge is 0.505 e. The van der Waals surface area contributed by atoms with Crippen LogP contribution in [0.25, 0.3) is 21.5 Å². The van der Waals surface area contributed by atoms with Gasteiger partial charge in [-0.05, 0) is 78.6 Å². The fraction of sp³-hybridized carbons (Fsp3) is 0.133. The minimum atomic E-state index is -4.65. The molecule has 0 bridgehead atoms. The van der Waals surface area contributed by atoms with E-state index >= 15 is 0 Å². The molecule has 5 aromatic carbocycles. The van der Waals surface area contributed by atoms with Crippen LogP contribution in [0, 0.1) is 20.8 Å². The summed E-state index contributed by atoms with van der Waals surface area (Å²) < 4.78 is 60.6. The van der Waals surface area contributed by atoms with Gasteiger partial charge in [0.15, 0.2) is 5.75 Å². The molecular formula is C30H30N6O7S2V. The van der Waals surface area contributed by atoms with Crippen LogP contribution in [0.1, 0.15) is 16.7 Å². The maximum absolute atomic E-state index is 12.3. The Hall–Kier alpha value is -4.38. The quantitative estimate of drug-likeness (QED) is 0.0698. The summed E-state index contributed by atoms with van der Waals surface area (Å²) in [4.78, 5) is -0.366. The Labute approximate surface area is 277 Å². The van der Waals surface area contributed by atoms with Crippen LogP contribution in [0.5, 0.6) is 5.75 Å². The number of aryl methyl sites for hydroxylation is 3. The minimum absolute atomic E-state index is 0. The molecule has 0 heterocycles. The Kier molecular flexibility index (Phi) is 10.9. The minimum Gasteiger partial charge on any atom is -0.505 e. The number of fused-ring (bicyclic) bond motifs is 2. The zero-order chi connectivity index (χ0) is 33.3. The number of nitrogens with zero attached hydrogens (tertiary/aromatic N) is 4. The van der Waals surface area contributed by atoms with E-state index in [1.807, 2.05) is 26.0 Å². The molecule has 1 radical (unpaired) electrons. The van der Waals surface area contributed by atoms with E-state index in [1.54, 1.807) is 55.5 Å². The topological polar surface area (TPSA) is 230 Å². The predicted molar refractivity (Wildman–Crippen MR) is 175 cm³/mol. The van der Waals surface area contributed by atoms with Crippen molar-refractivity contribution in [3.05, 3.63) is 83.4 Å². The summed E-state index contributed by atoms with van der Waals surface area (Å²) in [7, 11) is -8.32. The molecule has 0 aliphatic rings. The molecule has 13 nitrogen and oxygen atoms in total. The number of aromatic hydroxyl groups is 1. The van der Waals surface area contributed by atoms with Gasteiger partial charge in [-0.3, -0.25) is 9.11 Å². The molecule has 5 aromatic rings. The van der Waals surface area contributed by atoms with Crippen molar-refractivity contribution < 1.29 is 49.6 Å². The summed E-state index contributed by atoms with van der Waals surface area (Å²) >= 11 is 0. The number of nitrogens with two attached hydrogens (primary N) is 2. The van der Waals surface area contributed by atoms with Gasteiger partial charge in [0.05, 0.1) is 23.0 Å². The molecule has 0 aliphatic heterocycles. The van der Waals surface area contributed by atoms with E-state index in [9.17, 15) is 26.5 Å². The van der Waals surface area contributed by atoms with Crippen LogP contribution in [-0.2, 0) is 38.8 Å². The van der Waals surface area contributed by atoms with Gasteiger partial charge < -0.3 is 16.6 Å². The van der Waals surface area contributed by atoms with Crippen LogP contribution in [0.3, 0.4) is 0 Å². The van der Waals surface area contributed by atoms with E-state index in [2.05, 4.69) is 20.5 Å². The molecule has 0 unspecified atom stereocenters. The second-order valence-electron chi connectivity index (χ2n) is 10.2. The smallest absolute Gasteiger partial charge is 0.297 e. The zero-order valence-electron chi connectivity index (χ0n) is 25.0. The van der Waals surface area contributed by atoms with Gasteiger partial charge in [-0.25, -0.2) is 0 Å². The second-order valence-corrected chi connectivity index (χ2v) is 13.0. The Morgan fingerprint density at radius 1 is 0.674 bits per heavy atom. The van der Waals surface area contributed by atoms with Crippen LogP contribution in [0.2, 0.25) is 0 Å². The maximum atomic E-state index is 12.3. The van der Waals surface area contributed by atoms with Gasteiger partial charge in [0.1, 0.15) is 22.0 Å². The van der Waals surface area contributed by atoms with Crippen molar-refractivity contribution >= 4 is 75.9 Å². The van der Waals surface area contributed by atoms with E-state index in [0.29, 0.717) is 50.4 Å². The molecule has 16 heteroatoms. The molecule has 0 saturated heterocycles. The summed E-state index contributed by atoms with van der Waals surface area (Å²) in [6.07, 6.45) is 0.715. The van der Waals surface area contributed by atoms with Gasteiger partial charge in [0.25, 0.3) is 20.2 Å². The van der Waals surface area contributed by atoms with E-state index in [0.717, 1.165) is 11.1 Å². The van der Waals surface area contributed by atoms with Crippen molar-refractivity contribution in [2.45, 2.75) is 25.7 Å². The summed E-state index contributed by atoms with van der Waals surface area (Å²) in [6.45, 7) is 5.45. The first-order valence-electron chi connectivity index (χ1n) is 13.1. The van der Waals surface area contributed by atoms with Gasteiger partial charge in [-0.1, -0.05) is 36.4 Å². The average Bonchev–Trinajstić information content (AvgIpc) is 2.92. The number of benzene rings is 5. The third-order valence-electron chi connectivity index (χ3n) is 6.68. The monoisotopic (exact) mass is 701 g/mol. The van der Waals surface area contributed by atoms with Crippen LogP contribution in [0.15, 0.2) is 92.1 Å². The number of phenols is 1. The molecule has 7 N–H and O–H groups in total. The van der Waals surface area contributed by atoms with Crippen molar-refractivity contribution in [1.29, 1.82) is 0 Å². The second kappa shape index (κ2) is 13.9. The molecule has 0 aliphatic carbocycles. The van der Waals surface area contributed by atoms with Crippen molar-refractivity contribution in [3.8, 4) is 5.75 Å². The predicted octanol–water partition coefficient (Wildman–Crippen LogP) is 7.37. The molecule has 0 atom stereocenters. The first kappa shape index (κ1) is 36.1. The molecule has 0 saturated carbocycles. The molecule has 0 amide bonds. The van der Waals surface area contributed by atoms with Gasteiger partial charge in [0.2, 0.25) is 0 Å². The van der Waals surface area contributed by atoms with Crippen LogP contribution in [0.4, 0.5) is 34.1 Å². The van der Waals surface area contributed by atoms with Gasteiger partial charge in [-0.2, -0.15) is 21.9 Å². The van der Waals surface area contributed by atoms with E-state index in [-0.39, 0.29) is 46.3 Å². The number of nitrogen functional groups attached to an aromatic ring is 2. The number of hydrogen-bond acceptors (Lipinski definition) is 11. The van der Waals surface area contributed by atoms with Crippen molar-refractivity contribution in [1.82, 2.24) is 0 Å².